The Morgan fingerprint density at radius 1 is 1.47 bits per heavy atom. The topological polar surface area (TPSA) is 72.8 Å². The number of hydrogen-bond donors (Lipinski definition) is 1. The van der Waals surface area contributed by atoms with E-state index in [0.29, 0.717) is 13.1 Å². The summed E-state index contributed by atoms with van der Waals surface area (Å²) in [6, 6.07) is 5.90. The minimum absolute atomic E-state index is 0. The maximum Gasteiger partial charge on any atom is 1.00 e. The van der Waals surface area contributed by atoms with Crippen LogP contribution in [0.15, 0.2) is 28.9 Å². The number of hydrogen-bond acceptors (Lipinski definition) is 5. The minimum Gasteiger partial charge on any atom is -0.784 e. The summed E-state index contributed by atoms with van der Waals surface area (Å²) in [7, 11) is 0. The van der Waals surface area contributed by atoms with Crippen LogP contribution in [0, 0.1) is 6.92 Å². The predicted molar refractivity (Wildman–Crippen MR) is 133 cm³/mol. The van der Waals surface area contributed by atoms with E-state index in [0.717, 1.165) is 35.6 Å². The minimum atomic E-state index is -0.657. The molecule has 2 atom stereocenters. The fraction of sp³-hybridized carbons (Fsp3) is 0.565. The molecule has 1 aromatic carbocycles. The van der Waals surface area contributed by atoms with E-state index >= 15 is 0 Å². The summed E-state index contributed by atoms with van der Waals surface area (Å²) in [5.74, 6) is -0.0455. The molecule has 5 nitrogen and oxygen atoms in total. The van der Waals surface area contributed by atoms with Crippen LogP contribution in [0.2, 0.25) is 0 Å². The molecular weight excluding hydrogens is 644 g/mol. The van der Waals surface area contributed by atoms with Crippen molar-refractivity contribution in [3.8, 4) is 0 Å². The molecule has 9 heteroatoms. The first-order chi connectivity index (χ1) is 14.1. The number of aryl methyl sites for hydroxylation is 1. The van der Waals surface area contributed by atoms with Gasteiger partial charge in [0.15, 0.2) is 0 Å². The number of benzene rings is 1. The van der Waals surface area contributed by atoms with Crippen LogP contribution in [0.4, 0.5) is 0 Å². The van der Waals surface area contributed by atoms with Gasteiger partial charge < -0.3 is 28.6 Å². The van der Waals surface area contributed by atoms with E-state index in [1.165, 1.54) is 11.1 Å². The number of carbonyl (C=O) groups is 1. The van der Waals surface area contributed by atoms with Crippen LogP contribution >= 0.6 is 11.8 Å². The van der Waals surface area contributed by atoms with Gasteiger partial charge >= 0.3 is 51.4 Å². The normalized spacial score (nSPS) is 17.7. The van der Waals surface area contributed by atoms with Crippen molar-refractivity contribution in [2.75, 3.05) is 19.3 Å². The maximum absolute atomic E-state index is 12.8. The zero-order valence-electron chi connectivity index (χ0n) is 20.1. The molecule has 0 aliphatic carbocycles. The Balaban J connectivity index is 0.00000480. The van der Waals surface area contributed by atoms with Crippen LogP contribution in [0.1, 0.15) is 50.3 Å². The predicted octanol–water partition coefficient (Wildman–Crippen LogP) is 1.27. The summed E-state index contributed by atoms with van der Waals surface area (Å²) in [4.78, 5) is 19.9. The van der Waals surface area contributed by atoms with Crippen LogP contribution in [0.5, 0.6) is 0 Å². The molecule has 1 saturated heterocycles. The molecule has 2 rings (SSSR count). The first-order valence-electron chi connectivity index (χ1n) is 10.3. The summed E-state index contributed by atoms with van der Waals surface area (Å²) < 4.78 is -0.649. The zero-order valence-corrected chi connectivity index (χ0v) is 27.3. The quantitative estimate of drug-likeness (QED) is 0.243. The average Bonchev–Trinajstić information content (AvgIpc) is 3.16. The van der Waals surface area contributed by atoms with Crippen molar-refractivity contribution in [3.05, 3.63) is 45.9 Å². The van der Waals surface area contributed by atoms with Crippen molar-refractivity contribution >= 4 is 41.9 Å². The smallest absolute Gasteiger partial charge is 0.784 e. The zero-order chi connectivity index (χ0) is 22.5. The number of likely N-dealkylation sites (tertiary alicyclic amines) is 1. The molecule has 1 unspecified atom stereocenters. The third kappa shape index (κ3) is 8.90. The molecule has 1 heterocycles. The van der Waals surface area contributed by atoms with Crippen molar-refractivity contribution in [3.63, 3.8) is 0 Å². The molecule has 0 spiro atoms. The number of amides is 1. The summed E-state index contributed by atoms with van der Waals surface area (Å²) in [5.41, 5.74) is 10.6. The molecule has 1 aromatic rings. The summed E-state index contributed by atoms with van der Waals surface area (Å²) in [6.45, 7) is 13.4. The monoisotopic (exact) mass is 678 g/mol. The van der Waals surface area contributed by atoms with E-state index in [2.05, 4.69) is 43.1 Å². The molecule has 2 N–H and O–H groups in total. The van der Waals surface area contributed by atoms with Gasteiger partial charge in [-0.05, 0) is 50.8 Å². The first kappa shape index (κ1) is 33.0. The number of nitrogens with zero attached hydrogens (tertiary/aromatic N) is 3. The van der Waals surface area contributed by atoms with Crippen molar-refractivity contribution in [1.29, 1.82) is 0 Å². The van der Waals surface area contributed by atoms with Crippen molar-refractivity contribution in [1.82, 2.24) is 4.90 Å². The number of rotatable bonds is 9. The molecule has 0 saturated carbocycles. The Hall–Kier alpha value is 1.01. The number of thioether (sulfide) groups is 1. The third-order valence-electron chi connectivity index (χ3n) is 5.67. The SMILES string of the molecule is C=N/C(C)=C(\SC)c1ccc(C[N-]C[C@@H]2CCCN2C(=O)C(N)C(C)(C)[S-])c(C)c1.[Ir].[K+]. The van der Waals surface area contributed by atoms with Gasteiger partial charge in [-0.1, -0.05) is 37.6 Å². The number of carbonyl (C=O) groups excluding carboxylic acids is 1. The third-order valence-corrected chi connectivity index (χ3v) is 6.87. The van der Waals surface area contributed by atoms with Gasteiger partial charge in [-0.25, -0.2) is 0 Å². The van der Waals surface area contributed by atoms with Gasteiger partial charge in [0.05, 0.1) is 11.7 Å². The Labute approximate surface area is 259 Å². The Bertz CT molecular complexity index is 814. The number of nitrogens with two attached hydrogens (primary N) is 1. The van der Waals surface area contributed by atoms with Crippen LogP contribution in [-0.2, 0) is 44.1 Å². The molecule has 1 aliphatic rings. The molecule has 0 aromatic heterocycles. The van der Waals surface area contributed by atoms with Gasteiger partial charge in [0.25, 0.3) is 0 Å². The molecule has 32 heavy (non-hydrogen) atoms. The Kier molecular flexibility index (Phi) is 15.7. The molecule has 0 bridgehead atoms. The average molecular weight is 678 g/mol. The van der Waals surface area contributed by atoms with Gasteiger partial charge in [0.2, 0.25) is 5.91 Å². The fourth-order valence-corrected chi connectivity index (χ4v) is 4.51. The largest absolute Gasteiger partial charge is 1.00 e. The fourth-order valence-electron chi connectivity index (χ4n) is 3.69. The second-order valence-corrected chi connectivity index (χ2v) is 10.3. The van der Waals surface area contributed by atoms with Crippen molar-refractivity contribution in [2.24, 2.45) is 10.7 Å². The van der Waals surface area contributed by atoms with Crippen LogP contribution in [0.3, 0.4) is 0 Å². The summed E-state index contributed by atoms with van der Waals surface area (Å²) in [5, 5.41) is 4.78. The van der Waals surface area contributed by atoms with E-state index < -0.39 is 10.8 Å². The Morgan fingerprint density at radius 2 is 2.12 bits per heavy atom. The van der Waals surface area contributed by atoms with Gasteiger partial charge in [-0.2, -0.15) is 0 Å². The van der Waals surface area contributed by atoms with Gasteiger partial charge in [0, 0.05) is 37.6 Å². The first-order valence-corrected chi connectivity index (χ1v) is 11.9. The molecule has 1 fully saturated rings. The van der Waals surface area contributed by atoms with Crippen LogP contribution in [-0.4, -0.2) is 53.7 Å². The maximum atomic E-state index is 12.8. The second kappa shape index (κ2) is 15.2. The Morgan fingerprint density at radius 3 is 2.66 bits per heavy atom. The van der Waals surface area contributed by atoms with Crippen LogP contribution in [0.25, 0.3) is 10.2 Å². The van der Waals surface area contributed by atoms with Crippen LogP contribution < -0.4 is 57.1 Å². The van der Waals surface area contributed by atoms with E-state index in [-0.39, 0.29) is 83.4 Å². The number of allylic oxidation sites excluding steroid dienone is 1. The van der Waals surface area contributed by atoms with E-state index in [4.69, 9.17) is 23.7 Å². The van der Waals surface area contributed by atoms with Gasteiger partial charge in [0.1, 0.15) is 0 Å². The summed E-state index contributed by atoms with van der Waals surface area (Å²) >= 11 is 7.05. The number of aliphatic imine (C=N–C) groups is 1. The van der Waals surface area contributed by atoms with Crippen molar-refractivity contribution < 1.29 is 76.3 Å². The van der Waals surface area contributed by atoms with Gasteiger partial charge in [-0.3, -0.25) is 9.79 Å². The summed E-state index contributed by atoms with van der Waals surface area (Å²) in [6.07, 6.45) is 4.01. The molecular formula is C23H34IrKN4OS2-. The standard InChI is InChI=1S/C23H35N4OS2.Ir.K/c1-15-12-17(20(30-6)16(2)25-5)9-10-18(15)13-26-14-19-8-7-11-27(19)22(28)21(24)23(3,4)29;;/h9-10,12,19,21,29H,5,7-8,11,13-14,24H2,1-4,6H3;;/q-1;;+1/p-1/b20-16-;;/t19-,21?;;/m0../s1. The van der Waals surface area contributed by atoms with Crippen molar-refractivity contribution in [2.45, 2.75) is 63.9 Å². The molecule has 175 valence electrons. The second-order valence-electron chi connectivity index (χ2n) is 8.39. The van der Waals surface area contributed by atoms with E-state index in [1.54, 1.807) is 11.8 Å². The van der Waals surface area contributed by atoms with Gasteiger partial charge in [-0.15, -0.1) is 29.6 Å². The van der Waals surface area contributed by atoms with E-state index in [1.807, 2.05) is 25.7 Å². The molecule has 1 aliphatic heterocycles. The molecule has 1 amide bonds. The van der Waals surface area contributed by atoms with E-state index in [9.17, 15) is 4.79 Å². The molecule has 1 radical (unpaired) electrons.